The highest BCUT2D eigenvalue weighted by atomic mass is 35.5. The third-order valence-electron chi connectivity index (χ3n) is 5.21. The quantitative estimate of drug-likeness (QED) is 0.365. The van der Waals surface area contributed by atoms with Crippen LogP contribution in [-0.4, -0.2) is 35.2 Å². The highest BCUT2D eigenvalue weighted by Crippen LogP contribution is 2.23. The first-order valence-electron chi connectivity index (χ1n) is 10.7. The third kappa shape index (κ3) is 4.34. The zero-order valence-electron chi connectivity index (χ0n) is 18.3. The van der Waals surface area contributed by atoms with E-state index >= 15 is 0 Å². The Balaban J connectivity index is 1.72. The summed E-state index contributed by atoms with van der Waals surface area (Å²) in [6.07, 6.45) is 2.92. The molecule has 0 spiro atoms. The van der Waals surface area contributed by atoms with Gasteiger partial charge in [-0.15, -0.1) is 0 Å². The highest BCUT2D eigenvalue weighted by Gasteiger charge is 2.20. The Labute approximate surface area is 193 Å². The van der Waals surface area contributed by atoms with E-state index in [1.165, 1.54) is 9.13 Å². The number of H-pyrrole nitrogens is 2. The summed E-state index contributed by atoms with van der Waals surface area (Å²) >= 11 is 6.11. The van der Waals surface area contributed by atoms with Crippen LogP contribution < -0.4 is 16.6 Å². The maximum Gasteiger partial charge on any atom is 0.332 e. The van der Waals surface area contributed by atoms with Crippen LogP contribution in [0.2, 0.25) is 5.02 Å². The molecule has 0 aliphatic heterocycles. The van der Waals surface area contributed by atoms with Crippen LogP contribution in [0.5, 0.6) is 0 Å². The van der Waals surface area contributed by atoms with E-state index in [0.29, 0.717) is 59.4 Å². The van der Waals surface area contributed by atoms with Crippen LogP contribution in [0.4, 0.5) is 5.69 Å². The number of amides is 1. The number of aryl methyl sites for hydroxylation is 1. The van der Waals surface area contributed by atoms with E-state index in [9.17, 15) is 14.4 Å². The lowest BCUT2D eigenvalue weighted by molar-refractivity contribution is -0.115. The lowest BCUT2D eigenvalue weighted by Crippen LogP contribution is -2.40. The summed E-state index contributed by atoms with van der Waals surface area (Å²) < 4.78 is 2.74. The normalized spacial score (nSPS) is 11.2. The van der Waals surface area contributed by atoms with Crippen molar-refractivity contribution in [2.45, 2.75) is 46.2 Å². The van der Waals surface area contributed by atoms with Crippen molar-refractivity contribution in [2.24, 2.45) is 0 Å². The number of fused-ring (bicyclic) bond motifs is 1. The van der Waals surface area contributed by atoms with Gasteiger partial charge in [0.25, 0.3) is 5.56 Å². The second kappa shape index (κ2) is 9.45. The predicted octanol–water partition coefficient (Wildman–Crippen LogP) is 2.93. The van der Waals surface area contributed by atoms with Gasteiger partial charge in [0, 0.05) is 19.3 Å². The molecule has 0 radical (unpaired) electrons. The Morgan fingerprint density at radius 1 is 1.12 bits per heavy atom. The maximum atomic E-state index is 13.0. The van der Waals surface area contributed by atoms with E-state index < -0.39 is 5.56 Å². The molecule has 0 aliphatic rings. The lowest BCUT2D eigenvalue weighted by Gasteiger charge is -2.09. The number of carbonyl (C=O) groups excluding carboxylic acids is 1. The van der Waals surface area contributed by atoms with Gasteiger partial charge < -0.3 is 10.3 Å². The summed E-state index contributed by atoms with van der Waals surface area (Å²) in [7, 11) is 0. The Hall–Kier alpha value is -3.66. The number of rotatable bonds is 8. The average Bonchev–Trinajstić information content (AvgIpc) is 3.43. The van der Waals surface area contributed by atoms with Gasteiger partial charge >= 0.3 is 5.69 Å². The number of para-hydroxylation sites is 1. The predicted molar refractivity (Wildman–Crippen MR) is 127 cm³/mol. The van der Waals surface area contributed by atoms with Gasteiger partial charge in [0.05, 0.1) is 28.4 Å². The molecule has 0 aliphatic carbocycles. The number of benzene rings is 1. The van der Waals surface area contributed by atoms with E-state index in [4.69, 9.17) is 11.6 Å². The number of nitrogens with one attached hydrogen (secondary N) is 3. The van der Waals surface area contributed by atoms with Crippen LogP contribution in [0.15, 0.2) is 40.1 Å². The molecule has 0 atom stereocenters. The fourth-order valence-corrected chi connectivity index (χ4v) is 3.89. The SMILES string of the molecule is CCCn1c(=O)c2[nH]c(-c3c[nH]nc3CC(=O)Nc3ccccc3Cl)nc2n(CCC)c1=O. The second-order valence-electron chi connectivity index (χ2n) is 7.63. The first-order valence-corrected chi connectivity index (χ1v) is 11.1. The summed E-state index contributed by atoms with van der Waals surface area (Å²) in [5.74, 6) is 0.0515. The summed E-state index contributed by atoms with van der Waals surface area (Å²) in [4.78, 5) is 46.0. The van der Waals surface area contributed by atoms with Gasteiger partial charge in [0.15, 0.2) is 5.65 Å². The van der Waals surface area contributed by atoms with Crippen molar-refractivity contribution < 1.29 is 4.79 Å². The summed E-state index contributed by atoms with van der Waals surface area (Å²) in [6.45, 7) is 4.61. The van der Waals surface area contributed by atoms with Crippen LogP contribution in [0.1, 0.15) is 32.4 Å². The smallest absolute Gasteiger partial charge is 0.332 e. The number of anilines is 1. The number of nitrogens with zero attached hydrogens (tertiary/aromatic N) is 4. The van der Waals surface area contributed by atoms with Gasteiger partial charge in [-0.25, -0.2) is 9.78 Å². The first-order chi connectivity index (χ1) is 15.9. The molecule has 0 unspecified atom stereocenters. The monoisotopic (exact) mass is 469 g/mol. The Bertz CT molecular complexity index is 1430. The van der Waals surface area contributed by atoms with E-state index in [1.807, 2.05) is 13.8 Å². The highest BCUT2D eigenvalue weighted by molar-refractivity contribution is 6.33. The third-order valence-corrected chi connectivity index (χ3v) is 5.54. The minimum atomic E-state index is -0.413. The minimum absolute atomic E-state index is 0.0388. The van der Waals surface area contributed by atoms with Gasteiger partial charge in [-0.3, -0.25) is 23.8 Å². The van der Waals surface area contributed by atoms with Crippen LogP contribution in [0.3, 0.4) is 0 Å². The molecule has 3 heterocycles. The number of aromatic amines is 2. The molecule has 4 rings (SSSR count). The number of aromatic nitrogens is 6. The molecule has 10 nitrogen and oxygen atoms in total. The van der Waals surface area contributed by atoms with E-state index in [2.05, 4.69) is 25.5 Å². The van der Waals surface area contributed by atoms with E-state index in [0.717, 1.165) is 0 Å². The molecule has 172 valence electrons. The maximum absolute atomic E-state index is 13.0. The topological polar surface area (TPSA) is 130 Å². The van der Waals surface area contributed by atoms with Crippen LogP contribution in [0.25, 0.3) is 22.6 Å². The van der Waals surface area contributed by atoms with Gasteiger partial charge in [-0.05, 0) is 25.0 Å². The summed E-state index contributed by atoms with van der Waals surface area (Å²) in [5.41, 5.74) is 1.24. The van der Waals surface area contributed by atoms with E-state index in [-0.39, 0.29) is 23.5 Å². The lowest BCUT2D eigenvalue weighted by atomic mass is 10.2. The fraction of sp³-hybridized carbons (Fsp3) is 0.318. The van der Waals surface area contributed by atoms with Crippen LogP contribution in [0, 0.1) is 0 Å². The first kappa shape index (κ1) is 22.5. The van der Waals surface area contributed by atoms with Crippen LogP contribution >= 0.6 is 11.6 Å². The average molecular weight is 470 g/mol. The minimum Gasteiger partial charge on any atom is -0.332 e. The van der Waals surface area contributed by atoms with Crippen LogP contribution in [-0.2, 0) is 24.3 Å². The number of carbonyl (C=O) groups is 1. The number of imidazole rings is 1. The zero-order chi connectivity index (χ0) is 23.5. The van der Waals surface area contributed by atoms with Crippen molar-refractivity contribution in [2.75, 3.05) is 5.32 Å². The molecular weight excluding hydrogens is 446 g/mol. The second-order valence-corrected chi connectivity index (χ2v) is 8.03. The summed E-state index contributed by atoms with van der Waals surface area (Å²) in [5, 5.41) is 10.1. The van der Waals surface area contributed by atoms with Crippen molar-refractivity contribution in [1.82, 2.24) is 29.3 Å². The van der Waals surface area contributed by atoms with Gasteiger partial charge in [-0.2, -0.15) is 5.10 Å². The molecular formula is C22H24ClN7O3. The number of hydrogen-bond donors (Lipinski definition) is 3. The Morgan fingerprint density at radius 2 is 1.85 bits per heavy atom. The number of hydrogen-bond acceptors (Lipinski definition) is 5. The van der Waals surface area contributed by atoms with Gasteiger partial charge in [0.2, 0.25) is 5.91 Å². The van der Waals surface area contributed by atoms with Crippen molar-refractivity contribution in [1.29, 1.82) is 0 Å². The molecule has 0 fully saturated rings. The molecule has 0 saturated heterocycles. The molecule has 0 saturated carbocycles. The zero-order valence-corrected chi connectivity index (χ0v) is 19.1. The molecule has 1 aromatic carbocycles. The van der Waals surface area contributed by atoms with Gasteiger partial charge in [-0.1, -0.05) is 37.6 Å². The molecule has 0 bridgehead atoms. The molecule has 4 aromatic rings. The summed E-state index contributed by atoms with van der Waals surface area (Å²) in [6, 6.07) is 6.95. The Morgan fingerprint density at radius 3 is 2.58 bits per heavy atom. The number of halogens is 1. The van der Waals surface area contributed by atoms with Crippen molar-refractivity contribution >= 4 is 34.4 Å². The van der Waals surface area contributed by atoms with Crippen molar-refractivity contribution in [3.63, 3.8) is 0 Å². The molecule has 33 heavy (non-hydrogen) atoms. The van der Waals surface area contributed by atoms with Crippen molar-refractivity contribution in [3.8, 4) is 11.4 Å². The largest absolute Gasteiger partial charge is 0.332 e. The standard InChI is InChI=1S/C22H24ClN7O3/c1-3-9-29-20-18(21(32)30(10-4-2)22(29)33)26-19(27-20)13-12-24-28-16(13)11-17(31)25-15-8-6-5-7-14(15)23/h5-8,12H,3-4,9-11H2,1-2H3,(H,24,28)(H,25,31)(H,26,27). The van der Waals surface area contributed by atoms with E-state index in [1.54, 1.807) is 30.5 Å². The molecule has 3 N–H and O–H groups in total. The molecule has 1 amide bonds. The molecule has 3 aromatic heterocycles. The van der Waals surface area contributed by atoms with Crippen molar-refractivity contribution in [3.05, 3.63) is 62.0 Å². The fourth-order valence-electron chi connectivity index (χ4n) is 3.71. The van der Waals surface area contributed by atoms with Gasteiger partial charge in [0.1, 0.15) is 11.3 Å². The molecule has 11 heteroatoms. The Kier molecular flexibility index (Phi) is 6.45.